The topological polar surface area (TPSA) is 20.2 Å². The summed E-state index contributed by atoms with van der Waals surface area (Å²) >= 11 is 0. The van der Waals surface area contributed by atoms with Gasteiger partial charge in [0.2, 0.25) is 0 Å². The van der Waals surface area contributed by atoms with E-state index in [1.807, 2.05) is 19.1 Å². The van der Waals surface area contributed by atoms with E-state index in [4.69, 9.17) is 0 Å². The maximum atomic E-state index is 9.69. The van der Waals surface area contributed by atoms with Crippen LogP contribution in [-0.2, 0) is 6.42 Å². The molecular formula is C13H20O. The van der Waals surface area contributed by atoms with Crippen molar-refractivity contribution in [1.29, 1.82) is 0 Å². The van der Waals surface area contributed by atoms with Gasteiger partial charge in [-0.2, -0.15) is 0 Å². The molecule has 0 heterocycles. The smallest absolute Gasteiger partial charge is 0.0787 e. The van der Waals surface area contributed by atoms with Crippen molar-refractivity contribution in [3.8, 4) is 0 Å². The van der Waals surface area contributed by atoms with Crippen LogP contribution in [0.4, 0.5) is 0 Å². The van der Waals surface area contributed by atoms with Crippen LogP contribution in [0.15, 0.2) is 24.3 Å². The lowest BCUT2D eigenvalue weighted by atomic mass is 9.98. The van der Waals surface area contributed by atoms with Gasteiger partial charge in [0.05, 0.1) is 6.10 Å². The molecule has 0 spiro atoms. The minimum Gasteiger partial charge on any atom is -0.388 e. The normalized spacial score (nSPS) is 13.2. The zero-order valence-corrected chi connectivity index (χ0v) is 9.33. The number of hydrogen-bond donors (Lipinski definition) is 1. The van der Waals surface area contributed by atoms with Gasteiger partial charge in [-0.25, -0.2) is 0 Å². The van der Waals surface area contributed by atoms with Crippen molar-refractivity contribution in [2.24, 2.45) is 5.92 Å². The van der Waals surface area contributed by atoms with Gasteiger partial charge in [0.1, 0.15) is 0 Å². The highest BCUT2D eigenvalue weighted by atomic mass is 16.3. The third-order valence-corrected chi connectivity index (χ3v) is 2.37. The fourth-order valence-corrected chi connectivity index (χ4v) is 1.63. The molecule has 0 amide bonds. The first-order valence-electron chi connectivity index (χ1n) is 5.40. The van der Waals surface area contributed by atoms with Crippen LogP contribution >= 0.6 is 0 Å². The van der Waals surface area contributed by atoms with E-state index >= 15 is 0 Å². The fraction of sp³-hybridized carbons (Fsp3) is 0.538. The Morgan fingerprint density at radius 3 is 2.57 bits per heavy atom. The van der Waals surface area contributed by atoms with Crippen LogP contribution in [0.5, 0.6) is 0 Å². The van der Waals surface area contributed by atoms with Crippen molar-refractivity contribution in [3.05, 3.63) is 35.4 Å². The molecule has 0 fully saturated rings. The molecule has 1 aromatic carbocycles. The lowest BCUT2D eigenvalue weighted by Gasteiger charge is -2.11. The molecule has 0 aliphatic carbocycles. The van der Waals surface area contributed by atoms with E-state index in [2.05, 4.69) is 26.0 Å². The lowest BCUT2D eigenvalue weighted by molar-refractivity contribution is 0.173. The van der Waals surface area contributed by atoms with E-state index in [1.165, 1.54) is 5.56 Å². The van der Waals surface area contributed by atoms with E-state index in [0.717, 1.165) is 18.4 Å². The molecular weight excluding hydrogens is 172 g/mol. The summed E-state index contributed by atoms with van der Waals surface area (Å²) in [6, 6.07) is 8.28. The second-order valence-corrected chi connectivity index (χ2v) is 4.27. The molecule has 14 heavy (non-hydrogen) atoms. The lowest BCUT2D eigenvalue weighted by Crippen LogP contribution is -1.98. The van der Waals surface area contributed by atoms with Gasteiger partial charge in [-0.05, 0) is 29.9 Å². The highest BCUT2D eigenvalue weighted by molar-refractivity contribution is 5.25. The molecule has 0 aliphatic heterocycles. The molecule has 1 aromatic rings. The average Bonchev–Trinajstić information content (AvgIpc) is 2.16. The Hall–Kier alpha value is -0.820. The van der Waals surface area contributed by atoms with Gasteiger partial charge in [0.25, 0.3) is 0 Å². The summed E-state index contributed by atoms with van der Waals surface area (Å²) in [5.41, 5.74) is 2.37. The number of aliphatic hydroxyl groups excluding tert-OH is 1. The fourth-order valence-electron chi connectivity index (χ4n) is 1.63. The molecule has 0 aliphatic rings. The highest BCUT2D eigenvalue weighted by Gasteiger charge is 2.05. The molecule has 78 valence electrons. The first-order valence-corrected chi connectivity index (χ1v) is 5.40. The summed E-state index contributed by atoms with van der Waals surface area (Å²) in [5, 5.41) is 9.69. The molecule has 1 rings (SSSR count). The van der Waals surface area contributed by atoms with E-state index in [-0.39, 0.29) is 6.10 Å². The van der Waals surface area contributed by atoms with E-state index in [0.29, 0.717) is 5.92 Å². The largest absolute Gasteiger partial charge is 0.388 e. The summed E-state index contributed by atoms with van der Waals surface area (Å²) in [6.45, 7) is 6.42. The van der Waals surface area contributed by atoms with Gasteiger partial charge >= 0.3 is 0 Å². The molecule has 0 saturated heterocycles. The zero-order chi connectivity index (χ0) is 10.6. The Morgan fingerprint density at radius 1 is 1.29 bits per heavy atom. The number of benzene rings is 1. The van der Waals surface area contributed by atoms with Gasteiger partial charge < -0.3 is 5.11 Å². The first-order chi connectivity index (χ1) is 6.63. The quantitative estimate of drug-likeness (QED) is 0.775. The molecule has 1 unspecified atom stereocenters. The second-order valence-electron chi connectivity index (χ2n) is 4.27. The number of rotatable bonds is 4. The third-order valence-electron chi connectivity index (χ3n) is 2.37. The summed E-state index contributed by atoms with van der Waals surface area (Å²) in [5.74, 6) is 0.670. The van der Waals surface area contributed by atoms with Crippen LogP contribution in [0.3, 0.4) is 0 Å². The first kappa shape index (κ1) is 11.3. The summed E-state index contributed by atoms with van der Waals surface area (Å²) in [7, 11) is 0. The van der Waals surface area contributed by atoms with Crippen LogP contribution in [0.25, 0.3) is 0 Å². The standard InChI is InChI=1S/C13H20O/c1-4-13(14)12-7-5-6-11(9-12)8-10(2)3/h5-7,9-10,13-14H,4,8H2,1-3H3. The predicted octanol–water partition coefficient (Wildman–Crippen LogP) is 3.33. The Balaban J connectivity index is 2.78. The molecule has 1 heteroatoms. The van der Waals surface area contributed by atoms with E-state index < -0.39 is 0 Å². The molecule has 0 bridgehead atoms. The predicted molar refractivity (Wildman–Crippen MR) is 60.2 cm³/mol. The minimum atomic E-state index is -0.304. The highest BCUT2D eigenvalue weighted by Crippen LogP contribution is 2.18. The van der Waals surface area contributed by atoms with Gasteiger partial charge in [0, 0.05) is 0 Å². The van der Waals surface area contributed by atoms with E-state index in [1.54, 1.807) is 0 Å². The molecule has 0 saturated carbocycles. The summed E-state index contributed by atoms with van der Waals surface area (Å²) in [4.78, 5) is 0. The van der Waals surface area contributed by atoms with Gasteiger partial charge in [-0.1, -0.05) is 45.0 Å². The van der Waals surface area contributed by atoms with Crippen LogP contribution in [0.2, 0.25) is 0 Å². The average molecular weight is 192 g/mol. The van der Waals surface area contributed by atoms with Crippen molar-refractivity contribution in [2.75, 3.05) is 0 Å². The molecule has 0 radical (unpaired) electrons. The Labute approximate surface area is 86.8 Å². The van der Waals surface area contributed by atoms with Gasteiger partial charge in [-0.15, -0.1) is 0 Å². The number of hydrogen-bond acceptors (Lipinski definition) is 1. The summed E-state index contributed by atoms with van der Waals surface area (Å²) in [6.07, 6.45) is 1.57. The molecule has 0 aromatic heterocycles. The van der Waals surface area contributed by atoms with E-state index in [9.17, 15) is 5.11 Å². The van der Waals surface area contributed by atoms with Crippen molar-refractivity contribution in [2.45, 2.75) is 39.7 Å². The minimum absolute atomic E-state index is 0.304. The third kappa shape index (κ3) is 3.15. The Bertz CT molecular complexity index is 278. The monoisotopic (exact) mass is 192 g/mol. The Kier molecular flexibility index (Phi) is 4.15. The maximum Gasteiger partial charge on any atom is 0.0787 e. The van der Waals surface area contributed by atoms with Crippen molar-refractivity contribution >= 4 is 0 Å². The maximum absolute atomic E-state index is 9.69. The molecule has 1 nitrogen and oxygen atoms in total. The van der Waals surface area contributed by atoms with Crippen LogP contribution < -0.4 is 0 Å². The molecule has 1 N–H and O–H groups in total. The van der Waals surface area contributed by atoms with Crippen LogP contribution in [-0.4, -0.2) is 5.11 Å². The SMILES string of the molecule is CCC(O)c1cccc(CC(C)C)c1. The zero-order valence-electron chi connectivity index (χ0n) is 9.33. The van der Waals surface area contributed by atoms with Crippen molar-refractivity contribution < 1.29 is 5.11 Å². The van der Waals surface area contributed by atoms with Crippen LogP contribution in [0.1, 0.15) is 44.4 Å². The van der Waals surface area contributed by atoms with Gasteiger partial charge in [-0.3, -0.25) is 0 Å². The summed E-state index contributed by atoms with van der Waals surface area (Å²) < 4.78 is 0. The van der Waals surface area contributed by atoms with Crippen LogP contribution in [0, 0.1) is 5.92 Å². The second kappa shape index (κ2) is 5.16. The molecule has 1 atom stereocenters. The van der Waals surface area contributed by atoms with Crippen molar-refractivity contribution in [3.63, 3.8) is 0 Å². The van der Waals surface area contributed by atoms with Gasteiger partial charge in [0.15, 0.2) is 0 Å². The number of aliphatic hydroxyl groups is 1. The Morgan fingerprint density at radius 2 is 2.00 bits per heavy atom. The van der Waals surface area contributed by atoms with Crippen molar-refractivity contribution in [1.82, 2.24) is 0 Å².